The summed E-state index contributed by atoms with van der Waals surface area (Å²) in [7, 11) is 0. The van der Waals surface area contributed by atoms with Gasteiger partial charge in [-0.3, -0.25) is 9.69 Å². The van der Waals surface area contributed by atoms with Crippen molar-refractivity contribution in [2.24, 2.45) is 0 Å². The van der Waals surface area contributed by atoms with E-state index in [1.54, 1.807) is 6.07 Å². The number of hydrogen-bond donors (Lipinski definition) is 1. The van der Waals surface area contributed by atoms with Crippen LogP contribution in [0.2, 0.25) is 5.02 Å². The number of halogens is 1. The van der Waals surface area contributed by atoms with Gasteiger partial charge in [-0.15, -0.1) is 0 Å². The molecule has 3 nitrogen and oxygen atoms in total. The Hall–Kier alpha value is -1.84. The summed E-state index contributed by atoms with van der Waals surface area (Å²) in [6.45, 7) is 1.33. The molecule has 0 heterocycles. The first-order valence-electron chi connectivity index (χ1n) is 9.05. The van der Waals surface area contributed by atoms with Gasteiger partial charge < -0.3 is 5.32 Å². The Labute approximate surface area is 155 Å². The van der Waals surface area contributed by atoms with E-state index >= 15 is 0 Å². The third-order valence-corrected chi connectivity index (χ3v) is 5.20. The monoisotopic (exact) mass is 356 g/mol. The van der Waals surface area contributed by atoms with Crippen LogP contribution in [-0.2, 0) is 11.2 Å². The number of nitrogens with one attached hydrogen (secondary N) is 1. The maximum Gasteiger partial charge on any atom is 0.238 e. The summed E-state index contributed by atoms with van der Waals surface area (Å²) < 4.78 is 0. The van der Waals surface area contributed by atoms with Crippen LogP contribution < -0.4 is 5.32 Å². The predicted octanol–water partition coefficient (Wildman–Crippen LogP) is 4.77. The van der Waals surface area contributed by atoms with Crippen molar-refractivity contribution in [3.8, 4) is 0 Å². The third kappa shape index (κ3) is 5.32. The lowest BCUT2D eigenvalue weighted by molar-refractivity contribution is -0.117. The van der Waals surface area contributed by atoms with Crippen LogP contribution >= 0.6 is 11.6 Å². The molecule has 1 fully saturated rings. The number of amides is 1. The molecule has 2 aromatic carbocycles. The molecule has 0 atom stereocenters. The molecule has 2 aromatic rings. The number of benzene rings is 2. The molecule has 132 valence electrons. The molecule has 0 unspecified atom stereocenters. The molecule has 1 saturated carbocycles. The van der Waals surface area contributed by atoms with Crippen molar-refractivity contribution in [2.45, 2.75) is 38.1 Å². The quantitative estimate of drug-likeness (QED) is 0.775. The molecule has 1 amide bonds. The van der Waals surface area contributed by atoms with Crippen LogP contribution in [-0.4, -0.2) is 29.9 Å². The van der Waals surface area contributed by atoms with Crippen molar-refractivity contribution < 1.29 is 4.79 Å². The summed E-state index contributed by atoms with van der Waals surface area (Å²) in [5.74, 6) is 0.00746. The third-order valence-electron chi connectivity index (χ3n) is 4.87. The van der Waals surface area contributed by atoms with Crippen LogP contribution in [0.15, 0.2) is 54.6 Å². The first kappa shape index (κ1) is 18.0. The Morgan fingerprint density at radius 2 is 1.72 bits per heavy atom. The Bertz CT molecular complexity index is 683. The standard InChI is InChI=1S/C21H25ClN2O/c22-19-12-6-7-13-20(19)23-21(25)16-24(18-10-4-5-11-18)15-14-17-8-2-1-3-9-17/h1-3,6-9,12-13,18H,4-5,10-11,14-16H2,(H,23,25). The highest BCUT2D eigenvalue weighted by atomic mass is 35.5. The van der Waals surface area contributed by atoms with Crippen LogP contribution in [0.5, 0.6) is 0 Å². The van der Waals surface area contributed by atoms with Gasteiger partial charge in [-0.05, 0) is 37.0 Å². The normalized spacial score (nSPS) is 14.8. The first-order valence-corrected chi connectivity index (χ1v) is 9.42. The Kier molecular flexibility index (Phi) is 6.48. The zero-order valence-electron chi connectivity index (χ0n) is 14.5. The summed E-state index contributed by atoms with van der Waals surface area (Å²) in [5.41, 5.74) is 2.00. The van der Waals surface area contributed by atoms with Crippen molar-refractivity contribution in [2.75, 3.05) is 18.4 Å². The topological polar surface area (TPSA) is 32.3 Å². The van der Waals surface area contributed by atoms with E-state index in [4.69, 9.17) is 11.6 Å². The number of para-hydroxylation sites is 1. The highest BCUT2D eigenvalue weighted by Gasteiger charge is 2.24. The minimum absolute atomic E-state index is 0.00746. The second-order valence-corrected chi connectivity index (χ2v) is 7.08. The number of carbonyl (C=O) groups excluding carboxylic acids is 1. The van der Waals surface area contributed by atoms with Crippen LogP contribution in [0.4, 0.5) is 5.69 Å². The highest BCUT2D eigenvalue weighted by Crippen LogP contribution is 2.24. The fraction of sp³-hybridized carbons (Fsp3) is 0.381. The molecular weight excluding hydrogens is 332 g/mol. The van der Waals surface area contributed by atoms with Crippen molar-refractivity contribution in [3.63, 3.8) is 0 Å². The van der Waals surface area contributed by atoms with Crippen LogP contribution in [0, 0.1) is 0 Å². The maximum absolute atomic E-state index is 12.5. The number of rotatable bonds is 7. The molecule has 0 aliphatic heterocycles. The fourth-order valence-corrected chi connectivity index (χ4v) is 3.70. The number of nitrogens with zero attached hydrogens (tertiary/aromatic N) is 1. The van der Waals surface area contributed by atoms with Gasteiger partial charge in [0.25, 0.3) is 0 Å². The molecule has 4 heteroatoms. The zero-order valence-corrected chi connectivity index (χ0v) is 15.2. The Morgan fingerprint density at radius 3 is 2.44 bits per heavy atom. The van der Waals surface area contributed by atoms with Crippen molar-refractivity contribution in [1.29, 1.82) is 0 Å². The van der Waals surface area contributed by atoms with Crippen LogP contribution in [0.1, 0.15) is 31.2 Å². The molecule has 1 aliphatic rings. The maximum atomic E-state index is 12.5. The van der Waals surface area contributed by atoms with Gasteiger partial charge in [-0.1, -0.05) is 66.9 Å². The van der Waals surface area contributed by atoms with Gasteiger partial charge in [-0.25, -0.2) is 0 Å². The number of carbonyl (C=O) groups is 1. The van der Waals surface area contributed by atoms with E-state index in [0.717, 1.165) is 13.0 Å². The molecule has 0 bridgehead atoms. The minimum atomic E-state index is 0.00746. The van der Waals surface area contributed by atoms with Crippen LogP contribution in [0.3, 0.4) is 0 Å². The lowest BCUT2D eigenvalue weighted by Gasteiger charge is -2.28. The summed E-state index contributed by atoms with van der Waals surface area (Å²) in [5, 5.41) is 3.53. The average Bonchev–Trinajstić information content (AvgIpc) is 3.16. The largest absolute Gasteiger partial charge is 0.324 e. The summed E-state index contributed by atoms with van der Waals surface area (Å²) in [4.78, 5) is 14.9. The van der Waals surface area contributed by atoms with Gasteiger partial charge in [0, 0.05) is 12.6 Å². The van der Waals surface area contributed by atoms with Crippen molar-refractivity contribution in [1.82, 2.24) is 4.90 Å². The molecule has 0 radical (unpaired) electrons. The van der Waals surface area contributed by atoms with E-state index in [-0.39, 0.29) is 5.91 Å². The highest BCUT2D eigenvalue weighted by molar-refractivity contribution is 6.33. The second kappa shape index (κ2) is 9.02. The summed E-state index contributed by atoms with van der Waals surface area (Å²) in [6.07, 6.45) is 5.87. The lowest BCUT2D eigenvalue weighted by atomic mass is 10.1. The number of anilines is 1. The Balaban J connectivity index is 1.60. The number of hydrogen-bond acceptors (Lipinski definition) is 2. The fourth-order valence-electron chi connectivity index (χ4n) is 3.51. The van der Waals surface area contributed by atoms with E-state index in [0.29, 0.717) is 23.3 Å². The Morgan fingerprint density at radius 1 is 1.04 bits per heavy atom. The smallest absolute Gasteiger partial charge is 0.238 e. The molecule has 0 aromatic heterocycles. The SMILES string of the molecule is O=C(CN(CCc1ccccc1)C1CCCC1)Nc1ccccc1Cl. The van der Waals surface area contributed by atoms with Gasteiger partial charge in [0.05, 0.1) is 17.3 Å². The predicted molar refractivity (Wildman–Crippen MR) is 104 cm³/mol. The van der Waals surface area contributed by atoms with Crippen molar-refractivity contribution >= 4 is 23.2 Å². The van der Waals surface area contributed by atoms with Gasteiger partial charge >= 0.3 is 0 Å². The minimum Gasteiger partial charge on any atom is -0.324 e. The lowest BCUT2D eigenvalue weighted by Crippen LogP contribution is -2.40. The van der Waals surface area contributed by atoms with Gasteiger partial charge in [0.2, 0.25) is 5.91 Å². The average molecular weight is 357 g/mol. The molecule has 0 spiro atoms. The molecule has 3 rings (SSSR count). The van der Waals surface area contributed by atoms with E-state index in [1.165, 1.54) is 31.2 Å². The molecular formula is C21H25ClN2O. The molecule has 1 N–H and O–H groups in total. The first-order chi connectivity index (χ1) is 12.2. The summed E-state index contributed by atoms with van der Waals surface area (Å²) >= 11 is 6.14. The van der Waals surface area contributed by atoms with E-state index in [9.17, 15) is 4.79 Å². The molecule has 25 heavy (non-hydrogen) atoms. The molecule has 0 saturated heterocycles. The van der Waals surface area contributed by atoms with Gasteiger partial charge in [-0.2, -0.15) is 0 Å². The second-order valence-electron chi connectivity index (χ2n) is 6.67. The van der Waals surface area contributed by atoms with Gasteiger partial charge in [0.1, 0.15) is 0 Å². The van der Waals surface area contributed by atoms with E-state index in [2.05, 4.69) is 34.5 Å². The van der Waals surface area contributed by atoms with Gasteiger partial charge in [0.15, 0.2) is 0 Å². The zero-order chi connectivity index (χ0) is 17.5. The van der Waals surface area contributed by atoms with E-state index < -0.39 is 0 Å². The van der Waals surface area contributed by atoms with E-state index in [1.807, 2.05) is 24.3 Å². The van der Waals surface area contributed by atoms with Crippen LogP contribution in [0.25, 0.3) is 0 Å². The summed E-state index contributed by atoms with van der Waals surface area (Å²) in [6, 6.07) is 18.4. The molecule has 1 aliphatic carbocycles. The van der Waals surface area contributed by atoms with Crippen molar-refractivity contribution in [3.05, 3.63) is 65.2 Å².